The number of hydrogen-bond donors (Lipinski definition) is 1. The fourth-order valence-corrected chi connectivity index (χ4v) is 4.32. The number of methoxy groups -OCH3 is 1. The second-order valence-electron chi connectivity index (χ2n) is 7.51. The largest absolute Gasteiger partial charge is 0.497 e. The predicted molar refractivity (Wildman–Crippen MR) is 119 cm³/mol. The highest BCUT2D eigenvalue weighted by Gasteiger charge is 2.18. The highest BCUT2D eigenvalue weighted by molar-refractivity contribution is 7.07. The van der Waals surface area contributed by atoms with E-state index in [0.717, 1.165) is 25.1 Å². The number of ether oxygens (including phenoxy) is 2. The van der Waals surface area contributed by atoms with Crippen molar-refractivity contribution < 1.29 is 23.5 Å². The van der Waals surface area contributed by atoms with E-state index in [1.54, 1.807) is 43.5 Å². The number of thiazole rings is 1. The second kappa shape index (κ2) is 9.97. The summed E-state index contributed by atoms with van der Waals surface area (Å²) in [5, 5.41) is 4.78. The molecule has 0 unspecified atom stereocenters. The molecule has 168 valence electrons. The lowest BCUT2D eigenvalue weighted by Crippen LogP contribution is -2.31. The normalized spacial score (nSPS) is 16.3. The minimum absolute atomic E-state index is 0.0729. The molecule has 1 fully saturated rings. The fraction of sp³-hybridized carbons (Fsp3) is 0.348. The Morgan fingerprint density at radius 1 is 1.31 bits per heavy atom. The van der Waals surface area contributed by atoms with Crippen LogP contribution in [0.4, 0.5) is 0 Å². The molecule has 1 N–H and O–H groups in total. The third kappa shape index (κ3) is 5.17. The molecule has 1 aliphatic rings. The Hall–Kier alpha value is -3.17. The number of carbonyl (C=O) groups excluding carboxylic acids is 2. The van der Waals surface area contributed by atoms with Crippen LogP contribution < -0.4 is 14.9 Å². The summed E-state index contributed by atoms with van der Waals surface area (Å²) < 4.78 is 18.3. The van der Waals surface area contributed by atoms with Gasteiger partial charge in [-0.3, -0.25) is 9.59 Å². The van der Waals surface area contributed by atoms with Gasteiger partial charge in [-0.25, -0.2) is 0 Å². The lowest BCUT2D eigenvalue weighted by Gasteiger charge is -2.09. The first-order valence-corrected chi connectivity index (χ1v) is 11.3. The minimum Gasteiger partial charge on any atom is -0.497 e. The number of aromatic nitrogens is 1. The van der Waals surface area contributed by atoms with Gasteiger partial charge in [0.1, 0.15) is 11.5 Å². The first-order valence-electron chi connectivity index (χ1n) is 10.4. The summed E-state index contributed by atoms with van der Waals surface area (Å²) in [5.74, 6) is 0.827. The summed E-state index contributed by atoms with van der Waals surface area (Å²) in [5.41, 5.74) is 1.39. The van der Waals surface area contributed by atoms with E-state index in [0.29, 0.717) is 35.0 Å². The van der Waals surface area contributed by atoms with Gasteiger partial charge in [0.15, 0.2) is 10.6 Å². The van der Waals surface area contributed by atoms with Gasteiger partial charge >= 0.3 is 0 Å². The summed E-state index contributed by atoms with van der Waals surface area (Å²) in [7, 11) is 1.55. The van der Waals surface area contributed by atoms with Crippen molar-refractivity contribution >= 4 is 23.2 Å². The molecule has 9 heteroatoms. The number of benzene rings is 1. The van der Waals surface area contributed by atoms with Gasteiger partial charge < -0.3 is 23.8 Å². The maximum Gasteiger partial charge on any atom is 0.287 e. The van der Waals surface area contributed by atoms with E-state index in [1.807, 2.05) is 16.9 Å². The Labute approximate surface area is 189 Å². The van der Waals surface area contributed by atoms with Crippen LogP contribution in [0, 0.1) is 6.92 Å². The van der Waals surface area contributed by atoms with Crippen LogP contribution in [0.5, 0.6) is 5.75 Å². The molecular formula is C23H25N3O5S. The topological polar surface area (TPSA) is 95.1 Å². The van der Waals surface area contributed by atoms with Gasteiger partial charge in [-0.2, -0.15) is 4.99 Å². The maximum atomic E-state index is 12.7. The smallest absolute Gasteiger partial charge is 0.287 e. The van der Waals surface area contributed by atoms with Crippen molar-refractivity contribution in [1.29, 1.82) is 0 Å². The van der Waals surface area contributed by atoms with Crippen molar-refractivity contribution in [2.24, 2.45) is 4.99 Å². The van der Waals surface area contributed by atoms with Gasteiger partial charge in [-0.05, 0) is 50.1 Å². The molecule has 1 saturated heterocycles. The Kier molecular flexibility index (Phi) is 6.87. The van der Waals surface area contributed by atoms with Crippen LogP contribution in [-0.2, 0) is 11.3 Å². The molecule has 0 radical (unpaired) electrons. The zero-order valence-electron chi connectivity index (χ0n) is 18.0. The van der Waals surface area contributed by atoms with E-state index in [2.05, 4.69) is 10.3 Å². The van der Waals surface area contributed by atoms with E-state index in [9.17, 15) is 9.59 Å². The van der Waals surface area contributed by atoms with Crippen LogP contribution >= 0.6 is 11.3 Å². The van der Waals surface area contributed by atoms with Gasteiger partial charge in [0.2, 0.25) is 0 Å². The molecule has 1 aromatic carbocycles. The number of hydrogen-bond acceptors (Lipinski definition) is 6. The molecule has 4 rings (SSSR count). The van der Waals surface area contributed by atoms with E-state index in [1.165, 1.54) is 11.3 Å². The molecule has 0 spiro atoms. The average Bonchev–Trinajstić information content (AvgIpc) is 3.56. The third-order valence-corrected chi connectivity index (χ3v) is 6.20. The van der Waals surface area contributed by atoms with E-state index in [4.69, 9.17) is 13.9 Å². The highest BCUT2D eigenvalue weighted by Crippen LogP contribution is 2.15. The average molecular weight is 456 g/mol. The first kappa shape index (κ1) is 22.0. The number of nitrogens with zero attached hydrogens (tertiary/aromatic N) is 2. The summed E-state index contributed by atoms with van der Waals surface area (Å²) >= 11 is 1.37. The molecule has 3 aromatic rings. The number of furan rings is 1. The van der Waals surface area contributed by atoms with Gasteiger partial charge in [-0.15, -0.1) is 11.3 Å². The molecular weight excluding hydrogens is 430 g/mol. The molecule has 8 nitrogen and oxygen atoms in total. The number of nitrogens with one attached hydrogen (secondary N) is 1. The number of rotatable bonds is 7. The molecule has 0 aliphatic carbocycles. The third-order valence-electron chi connectivity index (χ3n) is 5.22. The molecule has 2 amide bonds. The lowest BCUT2D eigenvalue weighted by molar-refractivity contribution is 0.0833. The van der Waals surface area contributed by atoms with E-state index >= 15 is 0 Å². The van der Waals surface area contributed by atoms with Crippen LogP contribution in [0.25, 0.3) is 0 Å². The highest BCUT2D eigenvalue weighted by atomic mass is 32.1. The quantitative estimate of drug-likeness (QED) is 0.591. The SMILES string of the molecule is COc1cccc(C(=O)N=c2scc(C)n2Cc2ccc(C(=O)NC[C@@H]3CCCO3)o2)c1. The van der Waals surface area contributed by atoms with Crippen LogP contribution in [0.3, 0.4) is 0 Å². The number of carbonyl (C=O) groups is 2. The molecule has 32 heavy (non-hydrogen) atoms. The molecule has 2 aromatic heterocycles. The van der Waals surface area contributed by atoms with Crippen molar-refractivity contribution in [2.75, 3.05) is 20.3 Å². The Bertz CT molecular complexity index is 1170. The van der Waals surface area contributed by atoms with Crippen molar-refractivity contribution in [3.8, 4) is 5.75 Å². The summed E-state index contributed by atoms with van der Waals surface area (Å²) in [6, 6.07) is 10.3. The van der Waals surface area contributed by atoms with Gasteiger partial charge in [0.05, 0.1) is 19.8 Å². The van der Waals surface area contributed by atoms with Crippen molar-refractivity contribution in [3.63, 3.8) is 0 Å². The van der Waals surface area contributed by atoms with Gasteiger partial charge in [0.25, 0.3) is 11.8 Å². The second-order valence-corrected chi connectivity index (χ2v) is 8.34. The number of amides is 2. The van der Waals surface area contributed by atoms with E-state index < -0.39 is 0 Å². The standard InChI is InChI=1S/C23H25N3O5S/c1-15-14-32-23(25-21(27)16-5-3-6-17(11-16)29-2)26(15)13-19-8-9-20(31-19)22(28)24-12-18-7-4-10-30-18/h3,5-6,8-9,11,14,18H,4,7,10,12-13H2,1-2H3,(H,24,28)/t18-/m0/s1. The van der Waals surface area contributed by atoms with Crippen molar-refractivity contribution in [2.45, 2.75) is 32.4 Å². The predicted octanol–water partition coefficient (Wildman–Crippen LogP) is 3.16. The summed E-state index contributed by atoms with van der Waals surface area (Å²) in [6.45, 7) is 3.52. The molecule has 1 atom stereocenters. The van der Waals surface area contributed by atoms with Crippen molar-refractivity contribution in [1.82, 2.24) is 9.88 Å². The molecule has 3 heterocycles. The minimum atomic E-state index is -0.354. The van der Waals surface area contributed by atoms with Crippen molar-refractivity contribution in [3.05, 3.63) is 69.4 Å². The first-order chi connectivity index (χ1) is 15.5. The Morgan fingerprint density at radius 2 is 2.19 bits per heavy atom. The molecule has 1 aliphatic heterocycles. The zero-order valence-corrected chi connectivity index (χ0v) is 18.8. The lowest BCUT2D eigenvalue weighted by atomic mass is 10.2. The molecule has 0 saturated carbocycles. The Balaban J connectivity index is 1.47. The van der Waals surface area contributed by atoms with Gasteiger partial charge in [-0.1, -0.05) is 6.07 Å². The van der Waals surface area contributed by atoms with E-state index in [-0.39, 0.29) is 23.7 Å². The molecule has 0 bridgehead atoms. The van der Waals surface area contributed by atoms with Crippen LogP contribution in [0.2, 0.25) is 0 Å². The summed E-state index contributed by atoms with van der Waals surface area (Å²) in [6.07, 6.45) is 2.05. The van der Waals surface area contributed by atoms with Crippen LogP contribution in [0.1, 0.15) is 45.2 Å². The monoisotopic (exact) mass is 455 g/mol. The maximum absolute atomic E-state index is 12.7. The Morgan fingerprint density at radius 3 is 2.97 bits per heavy atom. The fourth-order valence-electron chi connectivity index (χ4n) is 3.44. The number of aryl methyl sites for hydroxylation is 1. The zero-order chi connectivity index (χ0) is 22.5. The van der Waals surface area contributed by atoms with Crippen LogP contribution in [-0.4, -0.2) is 42.7 Å². The van der Waals surface area contributed by atoms with Crippen LogP contribution in [0.15, 0.2) is 51.2 Å². The summed E-state index contributed by atoms with van der Waals surface area (Å²) in [4.78, 5) is 29.9. The van der Waals surface area contributed by atoms with Gasteiger partial charge in [0, 0.05) is 29.8 Å².